The lowest BCUT2D eigenvalue weighted by atomic mass is 10.2. The van der Waals surface area contributed by atoms with E-state index in [1.807, 2.05) is 0 Å². The molecule has 2 atom stereocenters. The summed E-state index contributed by atoms with van der Waals surface area (Å²) in [5.41, 5.74) is 0. The Morgan fingerprint density at radius 2 is 2.00 bits per heavy atom. The van der Waals surface area contributed by atoms with Gasteiger partial charge in [-0.3, -0.25) is 9.80 Å². The van der Waals surface area contributed by atoms with E-state index in [4.69, 9.17) is 9.47 Å². The lowest BCUT2D eigenvalue weighted by molar-refractivity contribution is 0.0161. The summed E-state index contributed by atoms with van der Waals surface area (Å²) in [5, 5.41) is 3.55. The quantitative estimate of drug-likeness (QED) is 0.733. The van der Waals surface area contributed by atoms with Crippen molar-refractivity contribution >= 4 is 0 Å². The third-order valence-corrected chi connectivity index (χ3v) is 4.39. The molecule has 0 aromatic rings. The van der Waals surface area contributed by atoms with E-state index in [0.717, 1.165) is 39.5 Å². The molecular weight excluding hydrogens is 254 g/mol. The highest BCUT2D eigenvalue weighted by Crippen LogP contribution is 2.19. The third kappa shape index (κ3) is 4.67. The fourth-order valence-electron chi connectivity index (χ4n) is 3.20. The van der Waals surface area contributed by atoms with Gasteiger partial charge in [0.2, 0.25) is 0 Å². The fourth-order valence-corrected chi connectivity index (χ4v) is 3.20. The van der Waals surface area contributed by atoms with Gasteiger partial charge in [-0.2, -0.15) is 0 Å². The number of ether oxygens (including phenoxy) is 2. The number of methoxy groups -OCH3 is 1. The lowest BCUT2D eigenvalue weighted by Gasteiger charge is -2.33. The van der Waals surface area contributed by atoms with Crippen LogP contribution in [0.3, 0.4) is 0 Å². The van der Waals surface area contributed by atoms with Crippen LogP contribution >= 0.6 is 0 Å². The molecule has 2 fully saturated rings. The number of rotatable bonds is 7. The molecule has 2 heterocycles. The van der Waals surface area contributed by atoms with E-state index >= 15 is 0 Å². The van der Waals surface area contributed by atoms with E-state index in [9.17, 15) is 0 Å². The molecule has 2 saturated heterocycles. The Morgan fingerprint density at radius 3 is 2.65 bits per heavy atom. The maximum Gasteiger partial charge on any atom is 0.0630 e. The second-order valence-corrected chi connectivity index (χ2v) is 6.26. The Kier molecular flexibility index (Phi) is 6.71. The van der Waals surface area contributed by atoms with E-state index in [2.05, 4.69) is 29.0 Å². The number of hydrogen-bond donors (Lipinski definition) is 1. The molecule has 2 aliphatic heterocycles. The van der Waals surface area contributed by atoms with Crippen molar-refractivity contribution in [2.75, 3.05) is 59.7 Å². The van der Waals surface area contributed by atoms with Crippen LogP contribution in [0.4, 0.5) is 0 Å². The van der Waals surface area contributed by atoms with Gasteiger partial charge in [-0.1, -0.05) is 13.8 Å². The number of nitrogens with one attached hydrogen (secondary N) is 1. The predicted octanol–water partition coefficient (Wildman–Crippen LogP) is 0.406. The molecule has 1 N–H and O–H groups in total. The molecular formula is C15H31N3O2. The molecule has 0 aromatic carbocycles. The van der Waals surface area contributed by atoms with Gasteiger partial charge in [-0.15, -0.1) is 0 Å². The highest BCUT2D eigenvalue weighted by Gasteiger charge is 2.32. The fraction of sp³-hybridized carbons (Fsp3) is 1.00. The van der Waals surface area contributed by atoms with Gasteiger partial charge in [0.25, 0.3) is 0 Å². The van der Waals surface area contributed by atoms with Crippen LogP contribution in [-0.4, -0.2) is 87.6 Å². The van der Waals surface area contributed by atoms with Crippen LogP contribution in [0.2, 0.25) is 0 Å². The van der Waals surface area contributed by atoms with Gasteiger partial charge in [0, 0.05) is 58.0 Å². The van der Waals surface area contributed by atoms with E-state index < -0.39 is 0 Å². The minimum Gasteiger partial charge on any atom is -0.383 e. The van der Waals surface area contributed by atoms with Gasteiger partial charge in [0.1, 0.15) is 0 Å². The molecule has 5 heteroatoms. The topological polar surface area (TPSA) is 37.0 Å². The molecule has 2 unspecified atom stereocenters. The van der Waals surface area contributed by atoms with Gasteiger partial charge in [0.05, 0.1) is 19.8 Å². The maximum absolute atomic E-state index is 5.45. The number of morpholine rings is 1. The second kappa shape index (κ2) is 8.29. The van der Waals surface area contributed by atoms with Crippen molar-refractivity contribution in [3.63, 3.8) is 0 Å². The van der Waals surface area contributed by atoms with Crippen LogP contribution in [0.25, 0.3) is 0 Å². The van der Waals surface area contributed by atoms with Crippen LogP contribution in [0, 0.1) is 0 Å². The molecule has 0 radical (unpaired) electrons. The Bertz CT molecular complexity index is 270. The van der Waals surface area contributed by atoms with Crippen LogP contribution in [0.1, 0.15) is 20.3 Å². The highest BCUT2D eigenvalue weighted by atomic mass is 16.5. The average molecular weight is 285 g/mol. The van der Waals surface area contributed by atoms with Gasteiger partial charge in [-0.05, 0) is 6.42 Å². The molecule has 118 valence electrons. The number of hydrogen-bond acceptors (Lipinski definition) is 5. The minimum absolute atomic E-state index is 0.494. The molecule has 0 spiro atoms. The van der Waals surface area contributed by atoms with E-state index in [-0.39, 0.29) is 0 Å². The Labute approximate surface area is 123 Å². The normalized spacial score (nSPS) is 27.3. The zero-order valence-corrected chi connectivity index (χ0v) is 13.3. The molecule has 5 nitrogen and oxygen atoms in total. The largest absolute Gasteiger partial charge is 0.383 e. The Morgan fingerprint density at radius 1 is 1.25 bits per heavy atom. The molecule has 0 bridgehead atoms. The lowest BCUT2D eigenvalue weighted by Crippen LogP contribution is -2.48. The van der Waals surface area contributed by atoms with Crippen molar-refractivity contribution in [1.82, 2.24) is 15.1 Å². The zero-order valence-electron chi connectivity index (χ0n) is 13.3. The monoisotopic (exact) mass is 285 g/mol. The first-order valence-electron chi connectivity index (χ1n) is 7.99. The summed E-state index contributed by atoms with van der Waals surface area (Å²) in [6.07, 6.45) is 1.28. The number of nitrogens with zero attached hydrogens (tertiary/aromatic N) is 2. The summed E-state index contributed by atoms with van der Waals surface area (Å²) < 4.78 is 10.9. The molecule has 0 aromatic heterocycles. The standard InChI is InChI=1S/C15H31N3O2/c1-13(2)16-10-15(12-19-3)18-5-4-14(11-18)17-6-8-20-9-7-17/h13-16H,4-12H2,1-3H3. The van der Waals surface area contributed by atoms with E-state index in [1.54, 1.807) is 7.11 Å². The molecule has 20 heavy (non-hydrogen) atoms. The predicted molar refractivity (Wildman–Crippen MR) is 81.2 cm³/mol. The van der Waals surface area contributed by atoms with Crippen molar-refractivity contribution < 1.29 is 9.47 Å². The Balaban J connectivity index is 1.81. The second-order valence-electron chi connectivity index (χ2n) is 6.26. The van der Waals surface area contributed by atoms with Gasteiger partial charge < -0.3 is 14.8 Å². The smallest absolute Gasteiger partial charge is 0.0630 e. The summed E-state index contributed by atoms with van der Waals surface area (Å²) in [5.74, 6) is 0. The van der Waals surface area contributed by atoms with Crippen molar-refractivity contribution in [2.24, 2.45) is 0 Å². The van der Waals surface area contributed by atoms with E-state index in [0.29, 0.717) is 18.1 Å². The molecule has 0 aliphatic carbocycles. The van der Waals surface area contributed by atoms with Crippen LogP contribution in [0.5, 0.6) is 0 Å². The average Bonchev–Trinajstić information content (AvgIpc) is 2.94. The summed E-state index contributed by atoms with van der Waals surface area (Å²) >= 11 is 0. The molecule has 2 rings (SSSR count). The SMILES string of the molecule is COCC(CNC(C)C)N1CCC(N2CCOCC2)C1. The van der Waals surface area contributed by atoms with E-state index in [1.165, 1.54) is 19.5 Å². The summed E-state index contributed by atoms with van der Waals surface area (Å²) in [7, 11) is 1.80. The first-order chi connectivity index (χ1) is 9.70. The molecule has 2 aliphatic rings. The summed E-state index contributed by atoms with van der Waals surface area (Å²) in [6.45, 7) is 12.6. The van der Waals surface area contributed by atoms with Gasteiger partial charge in [-0.25, -0.2) is 0 Å². The number of likely N-dealkylation sites (tertiary alicyclic amines) is 1. The van der Waals surface area contributed by atoms with Crippen molar-refractivity contribution in [3.05, 3.63) is 0 Å². The molecule has 0 amide bonds. The first-order valence-corrected chi connectivity index (χ1v) is 7.99. The maximum atomic E-state index is 5.45. The first kappa shape index (κ1) is 16.2. The van der Waals surface area contributed by atoms with Crippen LogP contribution < -0.4 is 5.32 Å². The Hall–Kier alpha value is -0.200. The van der Waals surface area contributed by atoms with Crippen LogP contribution in [0.15, 0.2) is 0 Å². The van der Waals surface area contributed by atoms with Gasteiger partial charge >= 0.3 is 0 Å². The van der Waals surface area contributed by atoms with Gasteiger partial charge in [0.15, 0.2) is 0 Å². The molecule has 0 saturated carbocycles. The third-order valence-electron chi connectivity index (χ3n) is 4.39. The highest BCUT2D eigenvalue weighted by molar-refractivity contribution is 4.88. The van der Waals surface area contributed by atoms with Crippen molar-refractivity contribution in [2.45, 2.75) is 38.4 Å². The van der Waals surface area contributed by atoms with Crippen molar-refractivity contribution in [1.29, 1.82) is 0 Å². The summed E-state index contributed by atoms with van der Waals surface area (Å²) in [6, 6.07) is 1.73. The summed E-state index contributed by atoms with van der Waals surface area (Å²) in [4.78, 5) is 5.20. The van der Waals surface area contributed by atoms with Crippen molar-refractivity contribution in [3.8, 4) is 0 Å². The van der Waals surface area contributed by atoms with Crippen LogP contribution in [-0.2, 0) is 9.47 Å². The zero-order chi connectivity index (χ0) is 14.4. The minimum atomic E-state index is 0.494.